The zero-order valence-electron chi connectivity index (χ0n) is 11.3. The molecule has 10 nitrogen and oxygen atoms in total. The summed E-state index contributed by atoms with van der Waals surface area (Å²) in [5, 5.41) is 0. The maximum atomic E-state index is 11.4. The summed E-state index contributed by atoms with van der Waals surface area (Å²) in [6.07, 6.45) is -0.0614. The fraction of sp³-hybridized carbons (Fsp3) is 1.00. The molecule has 0 aliphatic carbocycles. The molecule has 1 aliphatic rings. The van der Waals surface area contributed by atoms with Crippen LogP contribution in [0, 0.1) is 0 Å². The van der Waals surface area contributed by atoms with Gasteiger partial charge in [-0.3, -0.25) is 4.18 Å². The van der Waals surface area contributed by atoms with Crippen molar-refractivity contribution in [1.29, 1.82) is 0 Å². The van der Waals surface area contributed by atoms with Crippen LogP contribution in [0.25, 0.3) is 0 Å². The monoisotopic (exact) mass is 368 g/mol. The lowest BCUT2D eigenvalue weighted by Gasteiger charge is -2.14. The van der Waals surface area contributed by atoms with Crippen LogP contribution in [0.5, 0.6) is 0 Å². The second-order valence-electron chi connectivity index (χ2n) is 3.92. The molecule has 0 aromatic heterocycles. The van der Waals surface area contributed by atoms with Crippen LogP contribution in [-0.4, -0.2) is 59.3 Å². The van der Waals surface area contributed by atoms with Crippen molar-refractivity contribution in [3.63, 3.8) is 0 Å². The van der Waals surface area contributed by atoms with Crippen molar-refractivity contribution >= 4 is 31.9 Å². The Morgan fingerprint density at radius 3 is 2.52 bits per heavy atom. The van der Waals surface area contributed by atoms with E-state index in [-0.39, 0.29) is 13.2 Å². The summed E-state index contributed by atoms with van der Waals surface area (Å²) in [6, 6.07) is 0. The van der Waals surface area contributed by atoms with Gasteiger partial charge in [-0.25, -0.2) is 20.9 Å². The third kappa shape index (κ3) is 7.60. The van der Waals surface area contributed by atoms with Gasteiger partial charge in [0.25, 0.3) is 0 Å². The number of hydrogen-bond acceptors (Lipinski definition) is 10. The normalized spacial score (nSPS) is 24.8. The minimum atomic E-state index is -4.36. The quantitative estimate of drug-likeness (QED) is 0.500. The topological polar surface area (TPSA) is 132 Å². The van der Waals surface area contributed by atoms with E-state index in [2.05, 4.69) is 16.7 Å². The van der Waals surface area contributed by atoms with Gasteiger partial charge in [0.15, 0.2) is 11.1 Å². The van der Waals surface area contributed by atoms with Crippen LogP contribution in [0.3, 0.4) is 0 Å². The van der Waals surface area contributed by atoms with Gasteiger partial charge in [0.05, 0.1) is 25.9 Å². The molecule has 1 fully saturated rings. The third-order valence-electron chi connectivity index (χ3n) is 2.18. The first kappa shape index (κ1) is 18.9. The average Bonchev–Trinajstić information content (AvgIpc) is 2.71. The largest absolute Gasteiger partial charge is 0.400 e. The SMILES string of the molecule is CCC(COS(=O)(=O)OCC1COS(=O)(=O)O1)OS(C)=O. The smallest absolute Gasteiger partial charge is 0.285 e. The molecule has 0 amide bonds. The predicted octanol–water partition coefficient (Wildman–Crippen LogP) is -0.987. The molecule has 0 spiro atoms. The molecule has 0 saturated carbocycles. The number of rotatable bonds is 9. The molecule has 1 saturated heterocycles. The van der Waals surface area contributed by atoms with E-state index < -0.39 is 50.7 Å². The van der Waals surface area contributed by atoms with Gasteiger partial charge >= 0.3 is 20.8 Å². The lowest BCUT2D eigenvalue weighted by atomic mass is 10.3. The second-order valence-corrected chi connectivity index (χ2v) is 7.44. The van der Waals surface area contributed by atoms with E-state index in [4.69, 9.17) is 4.18 Å². The average molecular weight is 368 g/mol. The second kappa shape index (κ2) is 7.92. The fourth-order valence-electron chi connectivity index (χ4n) is 1.22. The molecular formula is C8H16O10S3. The first-order valence-corrected chi connectivity index (χ1v) is 9.90. The van der Waals surface area contributed by atoms with Crippen molar-refractivity contribution in [2.45, 2.75) is 25.6 Å². The minimum Gasteiger partial charge on any atom is -0.285 e. The van der Waals surface area contributed by atoms with Crippen molar-refractivity contribution in [3.8, 4) is 0 Å². The van der Waals surface area contributed by atoms with E-state index in [9.17, 15) is 21.0 Å². The molecular weight excluding hydrogens is 352 g/mol. The van der Waals surface area contributed by atoms with E-state index in [1.54, 1.807) is 6.92 Å². The Kier molecular flexibility index (Phi) is 7.12. The van der Waals surface area contributed by atoms with E-state index in [1.165, 1.54) is 6.26 Å². The zero-order chi connectivity index (χ0) is 16.1. The molecule has 1 rings (SSSR count). The van der Waals surface area contributed by atoms with Gasteiger partial charge in [0, 0.05) is 6.26 Å². The van der Waals surface area contributed by atoms with Gasteiger partial charge in [-0.15, -0.1) is 0 Å². The summed E-state index contributed by atoms with van der Waals surface area (Å²) in [7, 11) is -8.43. The lowest BCUT2D eigenvalue weighted by Crippen LogP contribution is -2.26. The molecule has 0 aromatic rings. The Morgan fingerprint density at radius 2 is 2.05 bits per heavy atom. The van der Waals surface area contributed by atoms with Gasteiger partial charge in [-0.05, 0) is 6.42 Å². The van der Waals surface area contributed by atoms with Crippen molar-refractivity contribution in [2.24, 2.45) is 0 Å². The van der Waals surface area contributed by atoms with Crippen LogP contribution >= 0.6 is 0 Å². The van der Waals surface area contributed by atoms with Crippen LogP contribution in [0.4, 0.5) is 0 Å². The highest BCUT2D eigenvalue weighted by Crippen LogP contribution is 2.14. The summed E-state index contributed by atoms with van der Waals surface area (Å²) in [4.78, 5) is 0. The van der Waals surface area contributed by atoms with Gasteiger partial charge in [0.2, 0.25) is 0 Å². The highest BCUT2D eigenvalue weighted by Gasteiger charge is 2.32. The first-order chi connectivity index (χ1) is 9.63. The van der Waals surface area contributed by atoms with E-state index in [0.29, 0.717) is 6.42 Å². The predicted molar refractivity (Wildman–Crippen MR) is 69.8 cm³/mol. The molecule has 21 heavy (non-hydrogen) atoms. The highest BCUT2D eigenvalue weighted by atomic mass is 32.3. The Bertz CT molecular complexity index is 553. The van der Waals surface area contributed by atoms with Crippen molar-refractivity contribution in [1.82, 2.24) is 0 Å². The standard InChI is InChI=1S/C8H16O10S3/c1-3-7(17-19(2)9)4-14-20(10,11)15-5-8-6-16-21(12,13)18-8/h7-8H,3-6H2,1-2H3. The van der Waals surface area contributed by atoms with Crippen molar-refractivity contribution in [2.75, 3.05) is 26.1 Å². The van der Waals surface area contributed by atoms with Crippen LogP contribution < -0.4 is 0 Å². The van der Waals surface area contributed by atoms with E-state index in [0.717, 1.165) is 0 Å². The lowest BCUT2D eigenvalue weighted by molar-refractivity contribution is 0.103. The summed E-state index contributed by atoms with van der Waals surface area (Å²) in [5.74, 6) is 0. The Hall–Kier alpha value is -0.150. The van der Waals surface area contributed by atoms with Gasteiger partial charge in [0.1, 0.15) is 6.10 Å². The van der Waals surface area contributed by atoms with Gasteiger partial charge in [-0.1, -0.05) is 6.92 Å². The Morgan fingerprint density at radius 1 is 1.38 bits per heavy atom. The van der Waals surface area contributed by atoms with Gasteiger partial charge in [-0.2, -0.15) is 16.8 Å². The molecule has 13 heteroatoms. The highest BCUT2D eigenvalue weighted by molar-refractivity contribution is 7.82. The van der Waals surface area contributed by atoms with Crippen LogP contribution in [0.2, 0.25) is 0 Å². The maximum Gasteiger partial charge on any atom is 0.400 e. The molecule has 3 unspecified atom stereocenters. The van der Waals surface area contributed by atoms with Crippen molar-refractivity contribution < 1.29 is 42.0 Å². The Labute approximate surface area is 126 Å². The first-order valence-electron chi connectivity index (χ1n) is 5.75. The van der Waals surface area contributed by atoms with Gasteiger partial charge < -0.3 is 0 Å². The summed E-state index contributed by atoms with van der Waals surface area (Å²) < 4.78 is 77.9. The molecule has 0 bridgehead atoms. The zero-order valence-corrected chi connectivity index (χ0v) is 13.7. The molecule has 0 N–H and O–H groups in total. The van der Waals surface area contributed by atoms with Crippen molar-refractivity contribution in [3.05, 3.63) is 0 Å². The minimum absolute atomic E-state index is 0.340. The van der Waals surface area contributed by atoms with Crippen LogP contribution in [0.1, 0.15) is 13.3 Å². The van der Waals surface area contributed by atoms with E-state index >= 15 is 0 Å². The fourth-order valence-corrected chi connectivity index (χ4v) is 3.31. The summed E-state index contributed by atoms with van der Waals surface area (Å²) >= 11 is -1.56. The molecule has 0 aromatic carbocycles. The third-order valence-corrected chi connectivity index (χ3v) is 4.50. The maximum absolute atomic E-state index is 11.4. The number of hydrogen-bond donors (Lipinski definition) is 0. The summed E-state index contributed by atoms with van der Waals surface area (Å²) in [5.41, 5.74) is 0. The summed E-state index contributed by atoms with van der Waals surface area (Å²) in [6.45, 7) is 0.411. The van der Waals surface area contributed by atoms with E-state index in [1.807, 2.05) is 0 Å². The van der Waals surface area contributed by atoms with Crippen LogP contribution in [-0.2, 0) is 52.8 Å². The molecule has 1 aliphatic heterocycles. The Balaban J connectivity index is 2.38. The molecule has 0 radical (unpaired) electrons. The molecule has 126 valence electrons. The molecule has 3 atom stereocenters. The molecule has 1 heterocycles. The van der Waals surface area contributed by atoms with Crippen LogP contribution in [0.15, 0.2) is 0 Å².